The maximum atomic E-state index is 15.3. The van der Waals surface area contributed by atoms with Crippen molar-refractivity contribution in [1.29, 1.82) is 0 Å². The second-order valence-corrected chi connectivity index (χ2v) is 10.8. The van der Waals surface area contributed by atoms with Gasteiger partial charge in [-0.1, -0.05) is 43.2 Å². The van der Waals surface area contributed by atoms with Gasteiger partial charge in [-0.15, -0.1) is 6.42 Å². The Morgan fingerprint density at radius 3 is 2.75 bits per heavy atom. The van der Waals surface area contributed by atoms with Crippen molar-refractivity contribution in [3.63, 3.8) is 0 Å². The molecule has 194 valence electrons. The van der Waals surface area contributed by atoms with Crippen molar-refractivity contribution in [3.8, 4) is 12.3 Å². The number of esters is 1. The normalized spacial score (nSPS) is 23.9. The number of alkyl halides is 1. The Morgan fingerprint density at radius 2 is 2.11 bits per heavy atom. The maximum absolute atomic E-state index is 15.3. The number of halogens is 1. The topological polar surface area (TPSA) is 129 Å². The van der Waals surface area contributed by atoms with Gasteiger partial charge in [-0.3, -0.25) is 18.9 Å². The number of aromatic nitrogens is 2. The molecule has 2 aromatic rings. The highest BCUT2D eigenvalue weighted by Gasteiger charge is 2.48. The fourth-order valence-electron chi connectivity index (χ4n) is 3.78. The Bertz CT molecular complexity index is 1250. The van der Waals surface area contributed by atoms with E-state index in [1.165, 1.54) is 6.92 Å². The molecule has 2 heterocycles. The smallest absolute Gasteiger partial charge is 0.336 e. The predicted molar refractivity (Wildman–Crippen MR) is 130 cm³/mol. The van der Waals surface area contributed by atoms with Crippen LogP contribution >= 0.6 is 7.52 Å². The Morgan fingerprint density at radius 1 is 1.39 bits per heavy atom. The molecule has 0 amide bonds. The van der Waals surface area contributed by atoms with Gasteiger partial charge in [-0.2, -0.15) is 0 Å². The van der Waals surface area contributed by atoms with Crippen LogP contribution in [0.25, 0.3) is 0 Å². The van der Waals surface area contributed by atoms with E-state index in [-0.39, 0.29) is 25.8 Å². The van der Waals surface area contributed by atoms with Crippen molar-refractivity contribution in [3.05, 3.63) is 69.0 Å². The van der Waals surface area contributed by atoms with Gasteiger partial charge in [0, 0.05) is 18.7 Å². The van der Waals surface area contributed by atoms with Crippen LogP contribution in [-0.4, -0.2) is 46.5 Å². The van der Waals surface area contributed by atoms with Crippen molar-refractivity contribution >= 4 is 13.5 Å². The maximum Gasteiger partial charge on any atom is 0.336 e. The highest BCUT2D eigenvalue weighted by Crippen LogP contribution is 2.48. The number of H-pyrrole nitrogens is 1. The van der Waals surface area contributed by atoms with E-state index >= 15 is 4.39 Å². The van der Waals surface area contributed by atoms with Gasteiger partial charge < -0.3 is 14.0 Å². The molecule has 1 aliphatic heterocycles. The summed E-state index contributed by atoms with van der Waals surface area (Å²) in [5.41, 5.74) is -2.77. The third-order valence-electron chi connectivity index (χ3n) is 5.45. The molecular weight excluding hydrogens is 492 g/mol. The van der Waals surface area contributed by atoms with Crippen LogP contribution in [-0.2, 0) is 29.5 Å². The van der Waals surface area contributed by atoms with Gasteiger partial charge >= 0.3 is 11.7 Å². The van der Waals surface area contributed by atoms with Crippen molar-refractivity contribution in [1.82, 2.24) is 14.6 Å². The fraction of sp³-hybridized carbons (Fsp3) is 0.458. The van der Waals surface area contributed by atoms with E-state index < -0.39 is 48.8 Å². The Hall–Kier alpha value is -3.03. The summed E-state index contributed by atoms with van der Waals surface area (Å²) >= 11 is 0. The molecule has 3 rings (SSSR count). The highest BCUT2D eigenvalue weighted by atomic mass is 31.2. The molecule has 36 heavy (non-hydrogen) atoms. The summed E-state index contributed by atoms with van der Waals surface area (Å²) < 4.78 is 46.6. The zero-order chi connectivity index (χ0) is 26.3. The molecule has 1 aromatic carbocycles. The number of carbonyl (C=O) groups is 1. The van der Waals surface area contributed by atoms with Crippen molar-refractivity contribution in [2.75, 3.05) is 13.2 Å². The number of rotatable bonds is 11. The zero-order valence-electron chi connectivity index (χ0n) is 20.0. The van der Waals surface area contributed by atoms with Gasteiger partial charge in [0.25, 0.3) is 13.1 Å². The number of hydrogen-bond acceptors (Lipinski definition) is 7. The average Bonchev–Trinajstić information content (AvgIpc) is 3.14. The summed E-state index contributed by atoms with van der Waals surface area (Å²) in [6.07, 6.45) is 4.72. The SMILES string of the molecule is C#C[C@H](N[P@](=O)(Cc1ccccc1)OCC1C[C@@](C)(F)[C@H](n2ccc(=O)[nH]c2=O)O1)C(=O)OCCC. The van der Waals surface area contributed by atoms with Gasteiger partial charge in [-0.25, -0.2) is 19.1 Å². The Balaban J connectivity index is 1.77. The van der Waals surface area contributed by atoms with E-state index in [4.69, 9.17) is 20.4 Å². The van der Waals surface area contributed by atoms with Crippen LogP contribution in [0, 0.1) is 12.3 Å². The number of terminal acetylenes is 1. The lowest BCUT2D eigenvalue weighted by atomic mass is 10.0. The lowest BCUT2D eigenvalue weighted by molar-refractivity contribution is -0.144. The van der Waals surface area contributed by atoms with Gasteiger partial charge in [0.05, 0.1) is 25.5 Å². The van der Waals surface area contributed by atoms with Crippen LogP contribution in [0.3, 0.4) is 0 Å². The monoisotopic (exact) mass is 521 g/mol. The Kier molecular flexibility index (Phi) is 9.03. The number of hydrogen-bond donors (Lipinski definition) is 2. The van der Waals surface area contributed by atoms with E-state index in [2.05, 4.69) is 16.0 Å². The van der Waals surface area contributed by atoms with Gasteiger partial charge in [-0.05, 0) is 18.9 Å². The molecule has 10 nitrogen and oxygen atoms in total. The molecular formula is C24H29FN3O7P. The molecule has 0 spiro atoms. The standard InChI is InChI=1S/C24H29FN3O7P/c1-4-13-33-21(30)19(5-2)27-36(32,16-17-9-7-6-8-10-17)34-15-18-14-24(3,25)22(35-18)28-12-11-20(29)26-23(28)31/h2,6-12,18-19,22H,4,13-16H2,1,3H3,(H,27,32)(H,26,29,31)/t18?,19-,22+,24+,36-/m0/s1. The lowest BCUT2D eigenvalue weighted by Gasteiger charge is -2.24. The fourth-order valence-corrected chi connectivity index (χ4v) is 5.71. The second kappa shape index (κ2) is 11.8. The average molecular weight is 521 g/mol. The minimum Gasteiger partial charge on any atom is -0.464 e. The third-order valence-corrected chi connectivity index (χ3v) is 7.45. The predicted octanol–water partition coefficient (Wildman–Crippen LogP) is 2.51. The molecule has 1 aromatic heterocycles. The summed E-state index contributed by atoms with van der Waals surface area (Å²) in [6.45, 7) is 2.92. The van der Waals surface area contributed by atoms with E-state index in [1.807, 2.05) is 6.92 Å². The van der Waals surface area contributed by atoms with Crippen LogP contribution in [0.4, 0.5) is 4.39 Å². The molecule has 1 saturated heterocycles. The number of aromatic amines is 1. The largest absolute Gasteiger partial charge is 0.464 e. The molecule has 1 fully saturated rings. The van der Waals surface area contributed by atoms with Crippen molar-refractivity contribution < 1.29 is 27.7 Å². The summed E-state index contributed by atoms with van der Waals surface area (Å²) in [7, 11) is -3.81. The summed E-state index contributed by atoms with van der Waals surface area (Å²) in [4.78, 5) is 37.9. The number of nitrogens with zero attached hydrogens (tertiary/aromatic N) is 1. The van der Waals surface area contributed by atoms with E-state index in [0.29, 0.717) is 12.0 Å². The second-order valence-electron chi connectivity index (χ2n) is 8.62. The van der Waals surface area contributed by atoms with E-state index in [1.54, 1.807) is 30.3 Å². The van der Waals surface area contributed by atoms with Crippen LogP contribution in [0.15, 0.2) is 52.2 Å². The molecule has 0 bridgehead atoms. The molecule has 2 N–H and O–H groups in total. The minimum atomic E-state index is -3.81. The summed E-state index contributed by atoms with van der Waals surface area (Å²) in [5, 5.41) is 2.62. The van der Waals surface area contributed by atoms with Crippen molar-refractivity contribution in [2.45, 2.75) is 56.9 Å². The zero-order valence-corrected chi connectivity index (χ0v) is 20.9. The van der Waals surface area contributed by atoms with Crippen molar-refractivity contribution in [2.24, 2.45) is 0 Å². The minimum absolute atomic E-state index is 0.102. The molecule has 0 radical (unpaired) electrons. The molecule has 1 unspecified atom stereocenters. The first kappa shape index (κ1) is 27.6. The number of benzene rings is 1. The summed E-state index contributed by atoms with van der Waals surface area (Å²) in [5.74, 6) is 1.47. The summed E-state index contributed by atoms with van der Waals surface area (Å²) in [6, 6.07) is 8.55. The van der Waals surface area contributed by atoms with E-state index in [9.17, 15) is 18.9 Å². The first-order valence-electron chi connectivity index (χ1n) is 11.4. The molecule has 1 aliphatic rings. The molecule has 0 saturated carbocycles. The van der Waals surface area contributed by atoms with Crippen LogP contribution in [0.2, 0.25) is 0 Å². The van der Waals surface area contributed by atoms with Gasteiger partial charge in [0.15, 0.2) is 17.9 Å². The third kappa shape index (κ3) is 7.02. The number of ether oxygens (including phenoxy) is 2. The van der Waals surface area contributed by atoms with E-state index in [0.717, 1.165) is 16.8 Å². The first-order chi connectivity index (χ1) is 17.1. The number of carbonyl (C=O) groups excluding carboxylic acids is 1. The van der Waals surface area contributed by atoms with Crippen LogP contribution in [0.5, 0.6) is 0 Å². The lowest BCUT2D eigenvalue weighted by Crippen LogP contribution is -2.38. The Labute approximate surface area is 207 Å². The van der Waals surface area contributed by atoms with Gasteiger partial charge in [0.2, 0.25) is 0 Å². The molecule has 12 heteroatoms. The first-order valence-corrected chi connectivity index (χ1v) is 13.2. The molecule has 0 aliphatic carbocycles. The number of nitrogens with one attached hydrogen (secondary N) is 2. The van der Waals surface area contributed by atoms with Crippen LogP contribution in [0.1, 0.15) is 38.5 Å². The highest BCUT2D eigenvalue weighted by molar-refractivity contribution is 7.56. The van der Waals surface area contributed by atoms with Crippen LogP contribution < -0.4 is 16.3 Å². The van der Waals surface area contributed by atoms with Gasteiger partial charge in [0.1, 0.15) is 0 Å². The quantitative estimate of drug-likeness (QED) is 0.262. The molecule has 5 atom stereocenters.